The van der Waals surface area contributed by atoms with Gasteiger partial charge in [-0.1, -0.05) is 0 Å². The van der Waals surface area contributed by atoms with Gasteiger partial charge in [0.2, 0.25) is 5.91 Å². The summed E-state index contributed by atoms with van der Waals surface area (Å²) in [6.07, 6.45) is 2.84. The van der Waals surface area contributed by atoms with Gasteiger partial charge in [0.15, 0.2) is 0 Å². The molecule has 0 aromatic heterocycles. The Bertz CT molecular complexity index is 538. The van der Waals surface area contributed by atoms with Gasteiger partial charge in [0.25, 0.3) is 0 Å². The molecule has 2 heterocycles. The lowest BCUT2D eigenvalue weighted by molar-refractivity contribution is -0.120. The Balaban J connectivity index is 1.75. The molecule has 0 spiro atoms. The molecule has 19 heavy (non-hydrogen) atoms. The van der Waals surface area contributed by atoms with Gasteiger partial charge in [-0.15, -0.1) is 0 Å². The predicted octanol–water partition coefficient (Wildman–Crippen LogP) is 2.81. The second-order valence-corrected chi connectivity index (χ2v) is 5.98. The number of nitrogens with one attached hydrogen (secondary N) is 2. The minimum absolute atomic E-state index is 0.0459. The molecule has 0 saturated carbocycles. The Morgan fingerprint density at radius 1 is 1.32 bits per heavy atom. The van der Waals surface area contributed by atoms with E-state index in [1.165, 1.54) is 0 Å². The molecule has 0 aliphatic carbocycles. The molecule has 1 amide bonds. The largest absolute Gasteiger partial charge is 0.323 e. The number of benzene rings is 1. The molecule has 1 aromatic carbocycles. The van der Waals surface area contributed by atoms with Crippen molar-refractivity contribution in [2.24, 2.45) is 5.92 Å². The van der Waals surface area contributed by atoms with E-state index in [2.05, 4.69) is 26.6 Å². The second kappa shape index (κ2) is 4.83. The van der Waals surface area contributed by atoms with Crippen molar-refractivity contribution in [2.45, 2.75) is 31.3 Å². The van der Waals surface area contributed by atoms with E-state index < -0.39 is 11.6 Å². The summed E-state index contributed by atoms with van der Waals surface area (Å²) in [7, 11) is 0. The highest BCUT2D eigenvalue weighted by Crippen LogP contribution is 2.34. The number of carbonyl (C=O) groups is 1. The van der Waals surface area contributed by atoms with E-state index in [9.17, 15) is 13.6 Å². The fourth-order valence-corrected chi connectivity index (χ4v) is 3.27. The van der Waals surface area contributed by atoms with Gasteiger partial charge in [0, 0.05) is 18.2 Å². The highest BCUT2D eigenvalue weighted by molar-refractivity contribution is 9.10. The van der Waals surface area contributed by atoms with Crippen LogP contribution < -0.4 is 10.6 Å². The van der Waals surface area contributed by atoms with E-state index in [-0.39, 0.29) is 28.0 Å². The molecule has 3 atom stereocenters. The Morgan fingerprint density at radius 3 is 2.74 bits per heavy atom. The first-order chi connectivity index (χ1) is 9.04. The van der Waals surface area contributed by atoms with Gasteiger partial charge >= 0.3 is 0 Å². The highest BCUT2D eigenvalue weighted by atomic mass is 79.9. The first-order valence-electron chi connectivity index (χ1n) is 6.26. The van der Waals surface area contributed by atoms with E-state index in [0.717, 1.165) is 31.4 Å². The van der Waals surface area contributed by atoms with Crippen molar-refractivity contribution in [3.05, 3.63) is 28.2 Å². The van der Waals surface area contributed by atoms with E-state index in [1.807, 2.05) is 0 Å². The van der Waals surface area contributed by atoms with E-state index in [4.69, 9.17) is 0 Å². The molecule has 3 rings (SSSR count). The molecule has 6 heteroatoms. The molecule has 2 saturated heterocycles. The van der Waals surface area contributed by atoms with Crippen LogP contribution >= 0.6 is 15.9 Å². The molecular formula is C13H13BrF2N2O. The third-order valence-electron chi connectivity index (χ3n) is 3.90. The molecule has 2 bridgehead atoms. The van der Waals surface area contributed by atoms with Crippen LogP contribution in [-0.2, 0) is 4.79 Å². The van der Waals surface area contributed by atoms with Gasteiger partial charge < -0.3 is 10.6 Å². The molecule has 0 radical (unpaired) electrons. The lowest BCUT2D eigenvalue weighted by Gasteiger charge is -2.19. The molecule has 3 nitrogen and oxygen atoms in total. The number of hydrogen-bond donors (Lipinski definition) is 2. The van der Waals surface area contributed by atoms with Crippen LogP contribution in [-0.4, -0.2) is 18.0 Å². The van der Waals surface area contributed by atoms with Crippen LogP contribution in [0.15, 0.2) is 16.6 Å². The van der Waals surface area contributed by atoms with Crippen molar-refractivity contribution in [3.63, 3.8) is 0 Å². The van der Waals surface area contributed by atoms with Gasteiger partial charge in [-0.25, -0.2) is 8.78 Å². The van der Waals surface area contributed by atoms with Crippen molar-refractivity contribution >= 4 is 27.5 Å². The van der Waals surface area contributed by atoms with Gasteiger partial charge in [-0.05, 0) is 41.3 Å². The quantitative estimate of drug-likeness (QED) is 0.819. The number of carbonyl (C=O) groups excluding carboxylic acids is 1. The van der Waals surface area contributed by atoms with Crippen LogP contribution in [0.5, 0.6) is 0 Å². The summed E-state index contributed by atoms with van der Waals surface area (Å²) in [6.45, 7) is 0. The van der Waals surface area contributed by atoms with E-state index in [0.29, 0.717) is 6.04 Å². The Kier molecular flexibility index (Phi) is 3.30. The molecular weight excluding hydrogens is 318 g/mol. The smallest absolute Gasteiger partial charge is 0.229 e. The summed E-state index contributed by atoms with van der Waals surface area (Å²) in [5.74, 6) is -1.62. The maximum atomic E-state index is 13.6. The summed E-state index contributed by atoms with van der Waals surface area (Å²) < 4.78 is 27.0. The average Bonchev–Trinajstić information content (AvgIpc) is 2.98. The van der Waals surface area contributed by atoms with Crippen LogP contribution in [0.25, 0.3) is 0 Å². The number of fused-ring (bicyclic) bond motifs is 2. The molecule has 2 aliphatic heterocycles. The van der Waals surface area contributed by atoms with Crippen LogP contribution in [0.1, 0.15) is 19.3 Å². The molecule has 1 aromatic rings. The van der Waals surface area contributed by atoms with Gasteiger partial charge in [0.1, 0.15) is 11.6 Å². The molecule has 2 aliphatic rings. The van der Waals surface area contributed by atoms with Crippen molar-refractivity contribution in [1.82, 2.24) is 5.32 Å². The summed E-state index contributed by atoms with van der Waals surface area (Å²) in [5.41, 5.74) is -0.103. The normalized spacial score (nSPS) is 28.7. The van der Waals surface area contributed by atoms with E-state index in [1.54, 1.807) is 0 Å². The van der Waals surface area contributed by atoms with Crippen molar-refractivity contribution in [3.8, 4) is 0 Å². The summed E-state index contributed by atoms with van der Waals surface area (Å²) >= 11 is 2.90. The number of amides is 1. The Morgan fingerprint density at radius 2 is 2.11 bits per heavy atom. The zero-order valence-corrected chi connectivity index (χ0v) is 11.6. The molecule has 102 valence electrons. The van der Waals surface area contributed by atoms with Crippen molar-refractivity contribution < 1.29 is 13.6 Å². The fraction of sp³-hybridized carbons (Fsp3) is 0.462. The number of rotatable bonds is 2. The predicted molar refractivity (Wildman–Crippen MR) is 70.7 cm³/mol. The highest BCUT2D eigenvalue weighted by Gasteiger charge is 2.42. The first kappa shape index (κ1) is 13.0. The Hall–Kier alpha value is -1.01. The lowest BCUT2D eigenvalue weighted by atomic mass is 9.88. The minimum Gasteiger partial charge on any atom is -0.323 e. The average molecular weight is 331 g/mol. The lowest BCUT2D eigenvalue weighted by Crippen LogP contribution is -2.33. The summed E-state index contributed by atoms with van der Waals surface area (Å²) in [6, 6.07) is 2.59. The first-order valence-corrected chi connectivity index (χ1v) is 7.05. The third-order valence-corrected chi connectivity index (χ3v) is 4.51. The zero-order chi connectivity index (χ0) is 13.6. The Labute approximate surface area is 117 Å². The second-order valence-electron chi connectivity index (χ2n) is 5.13. The summed E-state index contributed by atoms with van der Waals surface area (Å²) in [4.78, 5) is 12.1. The van der Waals surface area contributed by atoms with Crippen LogP contribution in [0.3, 0.4) is 0 Å². The number of anilines is 1. The van der Waals surface area contributed by atoms with E-state index >= 15 is 0 Å². The zero-order valence-electron chi connectivity index (χ0n) is 10.1. The van der Waals surface area contributed by atoms with Crippen molar-refractivity contribution in [1.29, 1.82) is 0 Å². The maximum Gasteiger partial charge on any atom is 0.229 e. The van der Waals surface area contributed by atoms with Gasteiger partial charge in [-0.2, -0.15) is 0 Å². The molecule has 2 N–H and O–H groups in total. The van der Waals surface area contributed by atoms with Gasteiger partial charge in [0.05, 0.1) is 16.1 Å². The maximum absolute atomic E-state index is 13.6. The standard InChI is InChI=1S/C13H13BrF2N2O/c14-8-4-10(16)12(5-9(8)15)18-13(19)7-3-6-1-2-11(7)17-6/h4-7,11,17H,1-3H2,(H,18,19). The van der Waals surface area contributed by atoms with Crippen LogP contribution in [0, 0.1) is 17.6 Å². The molecule has 2 fully saturated rings. The van der Waals surface area contributed by atoms with Crippen LogP contribution in [0.4, 0.5) is 14.5 Å². The topological polar surface area (TPSA) is 41.1 Å². The minimum atomic E-state index is -0.641. The monoisotopic (exact) mass is 330 g/mol. The number of hydrogen-bond acceptors (Lipinski definition) is 2. The third kappa shape index (κ3) is 2.39. The molecule has 3 unspecified atom stereocenters. The van der Waals surface area contributed by atoms with Crippen LogP contribution in [0.2, 0.25) is 0 Å². The summed E-state index contributed by atoms with van der Waals surface area (Å²) in [5, 5.41) is 5.83. The fourth-order valence-electron chi connectivity index (χ4n) is 2.96. The SMILES string of the molecule is O=C(Nc1cc(F)c(Br)cc1F)C1CC2CCC1N2. The van der Waals surface area contributed by atoms with Crippen molar-refractivity contribution in [2.75, 3.05) is 5.32 Å². The van der Waals surface area contributed by atoms with Gasteiger partial charge in [-0.3, -0.25) is 4.79 Å². The number of halogens is 3.